The summed E-state index contributed by atoms with van der Waals surface area (Å²) < 4.78 is 32.7. The molecule has 0 aromatic heterocycles. The number of nitrogens with one attached hydrogen (secondary N) is 1. The zero-order valence-corrected chi connectivity index (χ0v) is 18.2. The zero-order chi connectivity index (χ0) is 21.7. The second-order valence-electron chi connectivity index (χ2n) is 6.22. The maximum atomic E-state index is 13.3. The van der Waals surface area contributed by atoms with Crippen LogP contribution >= 0.6 is 23.2 Å². The van der Waals surface area contributed by atoms with Crippen LogP contribution in [0.4, 0.5) is 11.4 Å². The minimum atomic E-state index is -4.03. The summed E-state index contributed by atoms with van der Waals surface area (Å²) in [5.41, 5.74) is 0.809. The van der Waals surface area contributed by atoms with E-state index >= 15 is 0 Å². The quantitative estimate of drug-likeness (QED) is 0.542. The molecule has 1 amide bonds. The summed E-state index contributed by atoms with van der Waals surface area (Å²) in [6, 6.07) is 18.6. The smallest absolute Gasteiger partial charge is 0.264 e. The summed E-state index contributed by atoms with van der Waals surface area (Å²) in [6.07, 6.45) is 0. The Hall–Kier alpha value is -2.74. The fourth-order valence-corrected chi connectivity index (χ4v) is 4.33. The number of sulfonamides is 1. The van der Waals surface area contributed by atoms with Crippen molar-refractivity contribution in [3.8, 4) is 5.75 Å². The molecule has 0 aliphatic carbocycles. The number of carbonyl (C=O) groups is 1. The molecule has 6 nitrogen and oxygen atoms in total. The van der Waals surface area contributed by atoms with E-state index in [4.69, 9.17) is 27.9 Å². The van der Waals surface area contributed by atoms with Gasteiger partial charge in [0, 0.05) is 15.7 Å². The molecule has 9 heteroatoms. The first-order chi connectivity index (χ1) is 14.3. The molecule has 0 aliphatic heterocycles. The first kappa shape index (κ1) is 22.0. The molecule has 0 spiro atoms. The average molecular weight is 465 g/mol. The van der Waals surface area contributed by atoms with Crippen LogP contribution in [0.25, 0.3) is 0 Å². The van der Waals surface area contributed by atoms with E-state index in [1.165, 1.54) is 19.2 Å². The van der Waals surface area contributed by atoms with Crippen LogP contribution in [0, 0.1) is 0 Å². The van der Waals surface area contributed by atoms with Crippen LogP contribution in [0.3, 0.4) is 0 Å². The number of rotatable bonds is 7. The van der Waals surface area contributed by atoms with Gasteiger partial charge in [-0.3, -0.25) is 9.10 Å². The van der Waals surface area contributed by atoms with Gasteiger partial charge >= 0.3 is 0 Å². The highest BCUT2D eigenvalue weighted by molar-refractivity contribution is 7.92. The van der Waals surface area contributed by atoms with Crippen molar-refractivity contribution in [3.63, 3.8) is 0 Å². The van der Waals surface area contributed by atoms with E-state index < -0.39 is 22.5 Å². The fourth-order valence-electron chi connectivity index (χ4n) is 2.66. The number of nitrogens with zero attached hydrogens (tertiary/aromatic N) is 1. The third-order valence-corrected chi connectivity index (χ3v) is 6.47. The van der Waals surface area contributed by atoms with Crippen LogP contribution in [-0.4, -0.2) is 28.0 Å². The molecule has 3 aromatic carbocycles. The lowest BCUT2D eigenvalue weighted by molar-refractivity contribution is -0.114. The van der Waals surface area contributed by atoms with Crippen molar-refractivity contribution in [3.05, 3.63) is 82.8 Å². The first-order valence-electron chi connectivity index (χ1n) is 8.77. The largest absolute Gasteiger partial charge is 0.497 e. The summed E-state index contributed by atoms with van der Waals surface area (Å²) in [5.74, 6) is 0.0110. The lowest BCUT2D eigenvalue weighted by atomic mass is 10.3. The van der Waals surface area contributed by atoms with Gasteiger partial charge in [-0.1, -0.05) is 23.2 Å². The molecule has 0 atom stereocenters. The van der Waals surface area contributed by atoms with Gasteiger partial charge in [-0.15, -0.1) is 0 Å². The highest BCUT2D eigenvalue weighted by Crippen LogP contribution is 2.26. The van der Waals surface area contributed by atoms with E-state index in [1.807, 2.05) is 0 Å². The third-order valence-electron chi connectivity index (χ3n) is 4.18. The molecule has 0 radical (unpaired) electrons. The van der Waals surface area contributed by atoms with E-state index in [2.05, 4.69) is 5.32 Å². The maximum Gasteiger partial charge on any atom is 0.264 e. The van der Waals surface area contributed by atoms with Crippen LogP contribution in [0.2, 0.25) is 10.0 Å². The third kappa shape index (κ3) is 5.24. The number of amides is 1. The topological polar surface area (TPSA) is 75.7 Å². The monoisotopic (exact) mass is 464 g/mol. The summed E-state index contributed by atoms with van der Waals surface area (Å²) >= 11 is 11.8. The molecule has 0 saturated heterocycles. The second kappa shape index (κ2) is 9.38. The Morgan fingerprint density at radius 2 is 1.43 bits per heavy atom. The van der Waals surface area contributed by atoms with Gasteiger partial charge in [0.15, 0.2) is 0 Å². The lowest BCUT2D eigenvalue weighted by Gasteiger charge is -2.24. The van der Waals surface area contributed by atoms with E-state index in [9.17, 15) is 13.2 Å². The van der Waals surface area contributed by atoms with Crippen LogP contribution in [0.5, 0.6) is 5.75 Å². The molecule has 0 aliphatic rings. The predicted octanol–water partition coefficient (Wildman–Crippen LogP) is 4.84. The number of hydrogen-bond donors (Lipinski definition) is 1. The molecule has 0 heterocycles. The highest BCUT2D eigenvalue weighted by Gasteiger charge is 2.27. The normalized spacial score (nSPS) is 11.0. The summed E-state index contributed by atoms with van der Waals surface area (Å²) in [6.45, 7) is -0.432. The van der Waals surface area contributed by atoms with Crippen LogP contribution in [0.1, 0.15) is 0 Å². The standard InChI is InChI=1S/C21H18Cl2N2O4S/c1-29-19-10-12-20(13-11-19)30(27,28)25(18-8-4-16(23)5-9-18)14-21(26)24-17-6-2-15(22)3-7-17/h2-13H,14H2,1H3,(H,24,26). The number of anilines is 2. The summed E-state index contributed by atoms with van der Waals surface area (Å²) in [5, 5.41) is 3.65. The number of methoxy groups -OCH3 is 1. The second-order valence-corrected chi connectivity index (χ2v) is 8.95. The molecule has 3 aromatic rings. The van der Waals surface area contributed by atoms with Gasteiger partial charge in [-0.05, 0) is 72.8 Å². The van der Waals surface area contributed by atoms with Gasteiger partial charge in [0.2, 0.25) is 5.91 Å². The van der Waals surface area contributed by atoms with E-state index in [-0.39, 0.29) is 4.90 Å². The number of carbonyl (C=O) groups excluding carboxylic acids is 1. The maximum absolute atomic E-state index is 13.3. The van der Waals surface area contributed by atoms with Gasteiger partial charge in [-0.2, -0.15) is 0 Å². The Morgan fingerprint density at radius 3 is 1.97 bits per heavy atom. The van der Waals surface area contributed by atoms with Gasteiger partial charge in [-0.25, -0.2) is 8.42 Å². The van der Waals surface area contributed by atoms with Crippen LogP contribution in [-0.2, 0) is 14.8 Å². The Kier molecular flexibility index (Phi) is 6.87. The molecule has 0 unspecified atom stereocenters. The zero-order valence-electron chi connectivity index (χ0n) is 15.9. The van der Waals surface area contributed by atoms with Gasteiger partial charge in [0.1, 0.15) is 12.3 Å². The molecular formula is C21H18Cl2N2O4S. The first-order valence-corrected chi connectivity index (χ1v) is 11.0. The molecule has 30 heavy (non-hydrogen) atoms. The minimum absolute atomic E-state index is 0.0255. The average Bonchev–Trinajstić information content (AvgIpc) is 2.74. The van der Waals surface area contributed by atoms with Crippen molar-refractivity contribution < 1.29 is 17.9 Å². The summed E-state index contributed by atoms with van der Waals surface area (Å²) in [7, 11) is -2.54. The molecule has 3 rings (SSSR count). The van der Waals surface area contributed by atoms with E-state index in [0.29, 0.717) is 27.2 Å². The van der Waals surface area contributed by atoms with Crippen LogP contribution < -0.4 is 14.4 Å². The number of halogens is 2. The van der Waals surface area contributed by atoms with Gasteiger partial charge < -0.3 is 10.1 Å². The number of hydrogen-bond acceptors (Lipinski definition) is 4. The van der Waals surface area contributed by atoms with Crippen molar-refractivity contribution in [1.29, 1.82) is 0 Å². The SMILES string of the molecule is COc1ccc(S(=O)(=O)N(CC(=O)Nc2ccc(Cl)cc2)c2ccc(Cl)cc2)cc1. The van der Waals surface area contributed by atoms with Crippen molar-refractivity contribution >= 4 is 50.5 Å². The highest BCUT2D eigenvalue weighted by atomic mass is 35.5. The van der Waals surface area contributed by atoms with Crippen molar-refractivity contribution in [1.82, 2.24) is 0 Å². The Labute approximate surface area is 185 Å². The molecular weight excluding hydrogens is 447 g/mol. The van der Waals surface area contributed by atoms with Gasteiger partial charge in [0.05, 0.1) is 17.7 Å². The van der Waals surface area contributed by atoms with Crippen molar-refractivity contribution in [2.45, 2.75) is 4.90 Å². The number of ether oxygens (including phenoxy) is 1. The Balaban J connectivity index is 1.92. The summed E-state index contributed by atoms with van der Waals surface area (Å²) in [4.78, 5) is 12.7. The Morgan fingerprint density at radius 1 is 0.900 bits per heavy atom. The molecule has 0 saturated carbocycles. The molecule has 0 fully saturated rings. The van der Waals surface area contributed by atoms with Crippen LogP contribution in [0.15, 0.2) is 77.7 Å². The number of benzene rings is 3. The lowest BCUT2D eigenvalue weighted by Crippen LogP contribution is -2.38. The molecule has 0 bridgehead atoms. The molecule has 156 valence electrons. The predicted molar refractivity (Wildman–Crippen MR) is 119 cm³/mol. The van der Waals surface area contributed by atoms with Crippen molar-refractivity contribution in [2.24, 2.45) is 0 Å². The minimum Gasteiger partial charge on any atom is -0.497 e. The molecule has 1 N–H and O–H groups in total. The van der Waals surface area contributed by atoms with E-state index in [1.54, 1.807) is 60.7 Å². The Bertz CT molecular complexity index is 1120. The van der Waals surface area contributed by atoms with Gasteiger partial charge in [0.25, 0.3) is 10.0 Å². The van der Waals surface area contributed by atoms with Crippen molar-refractivity contribution in [2.75, 3.05) is 23.3 Å². The van der Waals surface area contributed by atoms with E-state index in [0.717, 1.165) is 4.31 Å². The fraction of sp³-hybridized carbons (Fsp3) is 0.0952.